The van der Waals surface area contributed by atoms with Crippen LogP contribution in [0.5, 0.6) is 0 Å². The first-order valence-electron chi connectivity index (χ1n) is 13.8. The van der Waals surface area contributed by atoms with Crippen LogP contribution >= 0.6 is 0 Å². The van der Waals surface area contributed by atoms with Crippen LogP contribution in [0.2, 0.25) is 0 Å². The van der Waals surface area contributed by atoms with E-state index in [-0.39, 0.29) is 6.61 Å². The molecule has 0 aromatic carbocycles. The van der Waals surface area contributed by atoms with Gasteiger partial charge < -0.3 is 28.4 Å². The zero-order valence-corrected chi connectivity index (χ0v) is 23.3. The Labute approximate surface area is 232 Å². The van der Waals surface area contributed by atoms with Gasteiger partial charge in [0.15, 0.2) is 5.92 Å². The summed E-state index contributed by atoms with van der Waals surface area (Å²) in [7, 11) is 2.39. The molecule has 0 aliphatic carbocycles. The zero-order valence-electron chi connectivity index (χ0n) is 23.3. The quantitative estimate of drug-likeness (QED) is 0.110. The highest BCUT2D eigenvalue weighted by atomic mass is 16.6. The maximum atomic E-state index is 12.6. The molecule has 39 heavy (non-hydrogen) atoms. The molecule has 1 heterocycles. The summed E-state index contributed by atoms with van der Waals surface area (Å²) in [6.45, 7) is 1.36. The van der Waals surface area contributed by atoms with Crippen molar-refractivity contribution in [2.24, 2.45) is 5.92 Å². The number of nitrogens with zero attached hydrogens (tertiary/aromatic N) is 3. The van der Waals surface area contributed by atoms with E-state index in [4.69, 9.17) is 44.2 Å². The topological polar surface area (TPSA) is 161 Å². The second kappa shape index (κ2) is 22.1. The molecule has 1 aliphatic rings. The second-order valence-electron chi connectivity index (χ2n) is 9.32. The average Bonchev–Trinajstić information content (AvgIpc) is 3.28. The van der Waals surface area contributed by atoms with Gasteiger partial charge in [-0.1, -0.05) is 19.3 Å². The SMILES string of the molecule is COC(=O)C(C(=O)OC)C1OC(COCCCCCC#N)C(OCCCCCC#N)C1OCCCCCC#N. The van der Waals surface area contributed by atoms with Gasteiger partial charge in [0, 0.05) is 39.1 Å². The van der Waals surface area contributed by atoms with Crippen LogP contribution in [0.1, 0.15) is 77.0 Å². The smallest absolute Gasteiger partial charge is 0.322 e. The predicted octanol–water partition coefficient (Wildman–Crippen LogP) is 3.75. The maximum absolute atomic E-state index is 12.6. The Bertz CT molecular complexity index is 803. The number of methoxy groups -OCH3 is 2. The molecule has 1 saturated heterocycles. The first-order chi connectivity index (χ1) is 19.0. The van der Waals surface area contributed by atoms with Gasteiger partial charge in [0.2, 0.25) is 0 Å². The molecule has 0 bridgehead atoms. The third-order valence-corrected chi connectivity index (χ3v) is 6.43. The van der Waals surface area contributed by atoms with Gasteiger partial charge in [-0.05, 0) is 38.5 Å². The molecule has 218 valence electrons. The summed E-state index contributed by atoms with van der Waals surface area (Å²) in [4.78, 5) is 25.3. The maximum Gasteiger partial charge on any atom is 0.322 e. The minimum Gasteiger partial charge on any atom is -0.468 e. The Kier molecular flexibility index (Phi) is 19.4. The molecule has 0 saturated carbocycles. The van der Waals surface area contributed by atoms with Crippen molar-refractivity contribution in [2.45, 2.75) is 101 Å². The lowest BCUT2D eigenvalue weighted by Gasteiger charge is -2.27. The predicted molar refractivity (Wildman–Crippen MR) is 139 cm³/mol. The fourth-order valence-corrected chi connectivity index (χ4v) is 4.36. The van der Waals surface area contributed by atoms with Crippen molar-refractivity contribution in [2.75, 3.05) is 40.6 Å². The standard InChI is InChI=1S/C28H43N3O8/c1-34-27(32)23(28(33)35-2)25-26(38-20-14-8-5-11-17-31)24(37-19-13-7-4-10-16-30)22(39-25)21-36-18-12-6-3-9-15-29/h22-26H,3-14,18-21H2,1-2H3. The number of hydrogen-bond acceptors (Lipinski definition) is 11. The molecular formula is C28H43N3O8. The number of rotatable bonds is 22. The molecule has 0 N–H and O–H groups in total. The van der Waals surface area contributed by atoms with Gasteiger partial charge in [0.1, 0.15) is 24.4 Å². The van der Waals surface area contributed by atoms with Gasteiger partial charge in [-0.15, -0.1) is 0 Å². The summed E-state index contributed by atoms with van der Waals surface area (Å²) in [6, 6.07) is 6.38. The molecule has 0 radical (unpaired) electrons. The van der Waals surface area contributed by atoms with Crippen molar-refractivity contribution in [3.8, 4) is 18.2 Å². The first-order valence-corrected chi connectivity index (χ1v) is 13.8. The van der Waals surface area contributed by atoms with Crippen LogP contribution in [0.15, 0.2) is 0 Å². The molecule has 0 amide bonds. The number of esters is 2. The van der Waals surface area contributed by atoms with Gasteiger partial charge in [-0.3, -0.25) is 9.59 Å². The first kappa shape index (κ1) is 34.3. The van der Waals surface area contributed by atoms with Gasteiger partial charge >= 0.3 is 11.9 Å². The van der Waals surface area contributed by atoms with Crippen LogP contribution < -0.4 is 0 Å². The van der Waals surface area contributed by atoms with Crippen LogP contribution in [0, 0.1) is 39.9 Å². The molecule has 0 spiro atoms. The van der Waals surface area contributed by atoms with Crippen LogP contribution in [0.4, 0.5) is 0 Å². The van der Waals surface area contributed by atoms with E-state index in [2.05, 4.69) is 18.2 Å². The summed E-state index contributed by atoms with van der Waals surface area (Å²) in [5, 5.41) is 26.2. The molecule has 11 heteroatoms. The highest BCUT2D eigenvalue weighted by molar-refractivity contribution is 5.95. The Morgan fingerprint density at radius 2 is 1.15 bits per heavy atom. The van der Waals surface area contributed by atoms with E-state index in [1.807, 2.05) is 0 Å². The van der Waals surface area contributed by atoms with Gasteiger partial charge in [0.05, 0.1) is 39.0 Å². The second-order valence-corrected chi connectivity index (χ2v) is 9.32. The largest absolute Gasteiger partial charge is 0.468 e. The minimum absolute atomic E-state index is 0.172. The van der Waals surface area contributed by atoms with Crippen LogP contribution in [0.3, 0.4) is 0 Å². The van der Waals surface area contributed by atoms with Crippen LogP contribution in [-0.4, -0.2) is 77.0 Å². The highest BCUT2D eigenvalue weighted by Crippen LogP contribution is 2.33. The summed E-state index contributed by atoms with van der Waals surface area (Å²) >= 11 is 0. The lowest BCUT2D eigenvalue weighted by Crippen LogP contribution is -2.46. The van der Waals surface area contributed by atoms with Crippen molar-refractivity contribution in [1.29, 1.82) is 15.8 Å². The highest BCUT2D eigenvalue weighted by Gasteiger charge is 2.54. The van der Waals surface area contributed by atoms with E-state index in [0.717, 1.165) is 51.4 Å². The molecule has 1 rings (SSSR count). The summed E-state index contributed by atoms with van der Waals surface area (Å²) < 4.78 is 34.3. The number of nitriles is 3. The van der Waals surface area contributed by atoms with Gasteiger partial charge in [-0.2, -0.15) is 15.8 Å². The summed E-state index contributed by atoms with van der Waals surface area (Å²) in [6.07, 6.45) is 5.53. The number of hydrogen-bond donors (Lipinski definition) is 0. The van der Waals surface area contributed by atoms with E-state index in [1.165, 1.54) is 14.2 Å². The summed E-state index contributed by atoms with van der Waals surface area (Å²) in [5.41, 5.74) is 0. The van der Waals surface area contributed by atoms with Crippen LogP contribution in [-0.2, 0) is 38.0 Å². The van der Waals surface area contributed by atoms with Crippen molar-refractivity contribution < 1.29 is 38.0 Å². The van der Waals surface area contributed by atoms with E-state index >= 15 is 0 Å². The fourth-order valence-electron chi connectivity index (χ4n) is 4.36. The Morgan fingerprint density at radius 1 is 0.692 bits per heavy atom. The van der Waals surface area contributed by atoms with Gasteiger partial charge in [-0.25, -0.2) is 0 Å². The molecule has 1 aliphatic heterocycles. The number of ether oxygens (including phenoxy) is 6. The van der Waals surface area contributed by atoms with E-state index in [1.54, 1.807) is 0 Å². The van der Waals surface area contributed by atoms with Crippen molar-refractivity contribution in [1.82, 2.24) is 0 Å². The van der Waals surface area contributed by atoms with E-state index in [0.29, 0.717) is 45.5 Å². The molecule has 1 fully saturated rings. The lowest BCUT2D eigenvalue weighted by molar-refractivity contribution is -0.170. The molecule has 4 unspecified atom stereocenters. The monoisotopic (exact) mass is 549 g/mol. The van der Waals surface area contributed by atoms with Crippen molar-refractivity contribution >= 4 is 11.9 Å². The summed E-state index contributed by atoms with van der Waals surface area (Å²) in [5.74, 6) is -2.94. The Balaban J connectivity index is 3.01. The third kappa shape index (κ3) is 13.2. The zero-order chi connectivity index (χ0) is 28.7. The minimum atomic E-state index is -1.36. The molecule has 0 aromatic rings. The molecule has 4 atom stereocenters. The van der Waals surface area contributed by atoms with E-state index in [9.17, 15) is 9.59 Å². The normalized spacial score (nSPS) is 20.2. The Hall–Kier alpha value is -2.75. The van der Waals surface area contributed by atoms with Crippen molar-refractivity contribution in [3.63, 3.8) is 0 Å². The molecular weight excluding hydrogens is 506 g/mol. The average molecular weight is 550 g/mol. The Morgan fingerprint density at radius 3 is 1.62 bits per heavy atom. The van der Waals surface area contributed by atoms with E-state index < -0.39 is 42.3 Å². The number of carbonyl (C=O) groups excluding carboxylic acids is 2. The fraction of sp³-hybridized carbons (Fsp3) is 0.821. The molecule has 0 aromatic heterocycles. The molecule has 11 nitrogen and oxygen atoms in total. The van der Waals surface area contributed by atoms with Crippen molar-refractivity contribution in [3.05, 3.63) is 0 Å². The number of carbonyl (C=O) groups is 2. The van der Waals surface area contributed by atoms with Gasteiger partial charge in [0.25, 0.3) is 0 Å². The van der Waals surface area contributed by atoms with Crippen LogP contribution in [0.25, 0.3) is 0 Å². The third-order valence-electron chi connectivity index (χ3n) is 6.43. The lowest BCUT2D eigenvalue weighted by atomic mass is 9.95. The number of unbranched alkanes of at least 4 members (excludes halogenated alkanes) is 9.